The fraction of sp³-hybridized carbons (Fsp3) is 0.462. The monoisotopic (exact) mass is 513 g/mol. The number of halogens is 1. The lowest BCUT2D eigenvalue weighted by atomic mass is 10.1. The average Bonchev–Trinajstić information content (AvgIpc) is 3.09. The van der Waals surface area contributed by atoms with E-state index < -0.39 is 0 Å². The molecule has 6 nitrogen and oxygen atoms in total. The Morgan fingerprint density at radius 2 is 2.00 bits per heavy atom. The third-order valence-corrected chi connectivity index (χ3v) is 6.52. The van der Waals surface area contributed by atoms with E-state index in [1.165, 1.54) is 6.42 Å². The highest BCUT2D eigenvalue weighted by atomic mass is 79.9. The van der Waals surface area contributed by atoms with Crippen LogP contribution in [0, 0.1) is 5.92 Å². The van der Waals surface area contributed by atoms with Gasteiger partial charge in [0.1, 0.15) is 18.1 Å². The number of para-hydroxylation sites is 1. The van der Waals surface area contributed by atoms with Crippen LogP contribution in [0.5, 0.6) is 5.75 Å². The van der Waals surface area contributed by atoms with Gasteiger partial charge in [0, 0.05) is 28.5 Å². The smallest absolute Gasteiger partial charge is 0.310 e. The SMILES string of the molecule is CCOC(=O)Cc1ccccc1OCc1nn(C2CN(CCC(C)C)C2)c2ccc(Br)cc12. The molecule has 0 spiro atoms. The van der Waals surface area contributed by atoms with E-state index in [2.05, 4.69) is 57.6 Å². The van der Waals surface area contributed by atoms with Gasteiger partial charge in [-0.25, -0.2) is 0 Å². The van der Waals surface area contributed by atoms with Crippen molar-refractivity contribution in [1.82, 2.24) is 14.7 Å². The van der Waals surface area contributed by atoms with E-state index in [9.17, 15) is 4.79 Å². The zero-order valence-corrected chi connectivity index (χ0v) is 21.2. The Morgan fingerprint density at radius 3 is 2.76 bits per heavy atom. The molecule has 0 aliphatic carbocycles. The second-order valence-corrected chi connectivity index (χ2v) is 9.94. The highest BCUT2D eigenvalue weighted by Crippen LogP contribution is 2.31. The first-order chi connectivity index (χ1) is 15.9. The lowest BCUT2D eigenvalue weighted by Gasteiger charge is -2.39. The molecule has 0 bridgehead atoms. The number of fused-ring (bicyclic) bond motifs is 1. The predicted octanol–water partition coefficient (Wildman–Crippen LogP) is 5.39. The van der Waals surface area contributed by atoms with Gasteiger partial charge in [0.05, 0.1) is 24.6 Å². The molecule has 0 saturated carbocycles. The van der Waals surface area contributed by atoms with Crippen molar-refractivity contribution in [3.8, 4) is 5.75 Å². The van der Waals surface area contributed by atoms with Gasteiger partial charge in [0.15, 0.2) is 0 Å². The fourth-order valence-electron chi connectivity index (χ4n) is 4.19. The highest BCUT2D eigenvalue weighted by Gasteiger charge is 2.30. The molecule has 3 aromatic rings. The van der Waals surface area contributed by atoms with E-state index in [1.54, 1.807) is 0 Å². The molecular weight excluding hydrogens is 482 g/mol. The number of carbonyl (C=O) groups is 1. The van der Waals surface area contributed by atoms with Crippen LogP contribution >= 0.6 is 15.9 Å². The van der Waals surface area contributed by atoms with Crippen LogP contribution in [0.25, 0.3) is 10.9 Å². The molecule has 1 aromatic heterocycles. The van der Waals surface area contributed by atoms with Gasteiger partial charge in [-0.2, -0.15) is 5.10 Å². The summed E-state index contributed by atoms with van der Waals surface area (Å²) in [7, 11) is 0. The Hall–Kier alpha value is -2.38. The number of esters is 1. The summed E-state index contributed by atoms with van der Waals surface area (Å²) in [6, 6.07) is 14.3. The molecule has 1 fully saturated rings. The van der Waals surface area contributed by atoms with Crippen molar-refractivity contribution in [2.24, 2.45) is 5.92 Å². The Balaban J connectivity index is 1.50. The zero-order chi connectivity index (χ0) is 23.4. The number of carbonyl (C=O) groups excluding carboxylic acids is 1. The molecule has 0 unspecified atom stereocenters. The number of aromatic nitrogens is 2. The molecule has 4 rings (SSSR count). The van der Waals surface area contributed by atoms with Crippen LogP contribution in [0.3, 0.4) is 0 Å². The number of rotatable bonds is 10. The summed E-state index contributed by atoms with van der Waals surface area (Å²) >= 11 is 3.60. The van der Waals surface area contributed by atoms with Crippen LogP contribution in [-0.4, -0.2) is 46.9 Å². The van der Waals surface area contributed by atoms with Crippen molar-refractivity contribution in [3.63, 3.8) is 0 Å². The molecule has 33 heavy (non-hydrogen) atoms. The first-order valence-corrected chi connectivity index (χ1v) is 12.5. The molecule has 2 aromatic carbocycles. The quantitative estimate of drug-likeness (QED) is 0.340. The normalized spacial score (nSPS) is 14.6. The minimum Gasteiger partial charge on any atom is -0.487 e. The fourth-order valence-corrected chi connectivity index (χ4v) is 4.55. The molecule has 1 aliphatic rings. The van der Waals surface area contributed by atoms with Gasteiger partial charge >= 0.3 is 5.97 Å². The van der Waals surface area contributed by atoms with Crippen LogP contribution in [-0.2, 0) is 22.6 Å². The van der Waals surface area contributed by atoms with Gasteiger partial charge < -0.3 is 9.47 Å². The van der Waals surface area contributed by atoms with Gasteiger partial charge in [-0.3, -0.25) is 14.4 Å². The first-order valence-electron chi connectivity index (χ1n) is 11.7. The number of ether oxygens (including phenoxy) is 2. The first kappa shape index (κ1) is 23.8. The average molecular weight is 514 g/mol. The van der Waals surface area contributed by atoms with Crippen LogP contribution in [0.15, 0.2) is 46.9 Å². The van der Waals surface area contributed by atoms with Crippen LogP contribution in [0.4, 0.5) is 0 Å². The van der Waals surface area contributed by atoms with Crippen molar-refractivity contribution < 1.29 is 14.3 Å². The summed E-state index contributed by atoms with van der Waals surface area (Å²) in [5.41, 5.74) is 2.85. The molecule has 0 atom stereocenters. The van der Waals surface area contributed by atoms with E-state index in [0.29, 0.717) is 25.0 Å². The second kappa shape index (κ2) is 10.7. The van der Waals surface area contributed by atoms with Crippen molar-refractivity contribution in [3.05, 3.63) is 58.2 Å². The van der Waals surface area contributed by atoms with Crippen molar-refractivity contribution in [2.45, 2.75) is 46.3 Å². The summed E-state index contributed by atoms with van der Waals surface area (Å²) < 4.78 is 14.5. The van der Waals surface area contributed by atoms with Crippen molar-refractivity contribution in [1.29, 1.82) is 0 Å². The summed E-state index contributed by atoms with van der Waals surface area (Å²) in [5.74, 6) is 1.16. The molecule has 0 N–H and O–H groups in total. The third kappa shape index (κ3) is 5.76. The van der Waals surface area contributed by atoms with Gasteiger partial charge in [0.2, 0.25) is 0 Å². The lowest BCUT2D eigenvalue weighted by molar-refractivity contribution is -0.142. The number of hydrogen-bond donors (Lipinski definition) is 0. The zero-order valence-electron chi connectivity index (χ0n) is 19.6. The molecular formula is C26H32BrN3O3. The minimum atomic E-state index is -0.251. The van der Waals surface area contributed by atoms with Gasteiger partial charge in [0.25, 0.3) is 0 Å². The van der Waals surface area contributed by atoms with Crippen LogP contribution in [0.2, 0.25) is 0 Å². The number of hydrogen-bond acceptors (Lipinski definition) is 5. The van der Waals surface area contributed by atoms with E-state index in [0.717, 1.165) is 52.2 Å². The standard InChI is InChI=1S/C26H32BrN3O3/c1-4-32-26(31)13-19-7-5-6-8-25(19)33-17-23-22-14-20(27)9-10-24(22)30(28-23)21-15-29(16-21)12-11-18(2)3/h5-10,14,18,21H,4,11-13,15-17H2,1-3H3. The summed E-state index contributed by atoms with van der Waals surface area (Å²) in [4.78, 5) is 14.5. The van der Waals surface area contributed by atoms with E-state index in [-0.39, 0.29) is 12.4 Å². The molecule has 1 aliphatic heterocycles. The van der Waals surface area contributed by atoms with E-state index in [4.69, 9.17) is 14.6 Å². The molecule has 0 radical (unpaired) electrons. The van der Waals surface area contributed by atoms with E-state index in [1.807, 2.05) is 31.2 Å². The number of nitrogens with zero attached hydrogens (tertiary/aromatic N) is 3. The molecule has 1 saturated heterocycles. The number of likely N-dealkylation sites (tertiary alicyclic amines) is 1. The summed E-state index contributed by atoms with van der Waals surface area (Å²) in [5, 5.41) is 6.06. The van der Waals surface area contributed by atoms with Crippen LogP contribution < -0.4 is 4.74 Å². The maximum atomic E-state index is 12.0. The maximum absolute atomic E-state index is 12.0. The lowest BCUT2D eigenvalue weighted by Crippen LogP contribution is -2.48. The van der Waals surface area contributed by atoms with Gasteiger partial charge in [-0.1, -0.05) is 48.0 Å². The van der Waals surface area contributed by atoms with Gasteiger partial charge in [-0.15, -0.1) is 0 Å². The summed E-state index contributed by atoms with van der Waals surface area (Å²) in [6.07, 6.45) is 1.42. The Labute approximate surface area is 204 Å². The maximum Gasteiger partial charge on any atom is 0.310 e. The Morgan fingerprint density at radius 1 is 1.21 bits per heavy atom. The predicted molar refractivity (Wildman–Crippen MR) is 133 cm³/mol. The second-order valence-electron chi connectivity index (χ2n) is 9.03. The molecule has 7 heteroatoms. The van der Waals surface area contributed by atoms with Crippen molar-refractivity contribution in [2.75, 3.05) is 26.2 Å². The highest BCUT2D eigenvalue weighted by molar-refractivity contribution is 9.10. The van der Waals surface area contributed by atoms with Crippen molar-refractivity contribution >= 4 is 32.8 Å². The number of benzene rings is 2. The third-order valence-electron chi connectivity index (χ3n) is 6.03. The molecule has 0 amide bonds. The summed E-state index contributed by atoms with van der Waals surface area (Å²) in [6.45, 7) is 10.3. The molecule has 2 heterocycles. The topological polar surface area (TPSA) is 56.6 Å². The van der Waals surface area contributed by atoms with E-state index >= 15 is 0 Å². The minimum absolute atomic E-state index is 0.193. The Kier molecular flexibility index (Phi) is 7.71. The van der Waals surface area contributed by atoms with Gasteiger partial charge in [-0.05, 0) is 50.1 Å². The largest absolute Gasteiger partial charge is 0.487 e. The molecule has 176 valence electrons. The Bertz CT molecular complexity index is 1110. The van der Waals surface area contributed by atoms with Crippen LogP contribution in [0.1, 0.15) is 44.5 Å².